The van der Waals surface area contributed by atoms with Gasteiger partial charge in [0.1, 0.15) is 6.07 Å². The minimum absolute atomic E-state index is 0.411. The molecule has 0 bridgehead atoms. The number of nitriles is 1. The highest BCUT2D eigenvalue weighted by molar-refractivity contribution is 6.33. The fraction of sp³-hybridized carbons (Fsp3) is 0.407. The smallest absolute Gasteiger partial charge is 0.163 e. The quantitative estimate of drug-likeness (QED) is 0.332. The largest absolute Gasteiger partial charge is 0.493 e. The van der Waals surface area contributed by atoms with Gasteiger partial charge in [-0.2, -0.15) is 5.26 Å². The van der Waals surface area contributed by atoms with Gasteiger partial charge < -0.3 is 30.3 Å². The van der Waals surface area contributed by atoms with E-state index in [2.05, 4.69) is 31.9 Å². The lowest BCUT2D eigenvalue weighted by atomic mass is 10.1. The molecule has 36 heavy (non-hydrogen) atoms. The summed E-state index contributed by atoms with van der Waals surface area (Å²) in [6.07, 6.45) is 3.60. The van der Waals surface area contributed by atoms with E-state index in [9.17, 15) is 5.26 Å². The highest BCUT2D eigenvalue weighted by Crippen LogP contribution is 2.39. The van der Waals surface area contributed by atoms with Crippen molar-refractivity contribution in [3.05, 3.63) is 46.6 Å². The zero-order valence-corrected chi connectivity index (χ0v) is 21.8. The van der Waals surface area contributed by atoms with Crippen molar-refractivity contribution >= 4 is 39.6 Å². The summed E-state index contributed by atoms with van der Waals surface area (Å²) in [4.78, 5) is 6.99. The third-order valence-corrected chi connectivity index (χ3v) is 6.77. The van der Waals surface area contributed by atoms with Crippen LogP contribution in [0.25, 0.3) is 10.9 Å². The van der Waals surface area contributed by atoms with Crippen LogP contribution in [0.3, 0.4) is 0 Å². The van der Waals surface area contributed by atoms with Gasteiger partial charge in [-0.25, -0.2) is 0 Å². The van der Waals surface area contributed by atoms with Crippen molar-refractivity contribution in [2.45, 2.75) is 19.8 Å². The minimum atomic E-state index is 0.411. The van der Waals surface area contributed by atoms with Gasteiger partial charge in [0.05, 0.1) is 41.2 Å². The number of hydrogen-bond donors (Lipinski definition) is 3. The van der Waals surface area contributed by atoms with E-state index in [4.69, 9.17) is 21.1 Å². The molecule has 0 amide bonds. The Labute approximate surface area is 217 Å². The average Bonchev–Trinajstić information content (AvgIpc) is 2.90. The van der Waals surface area contributed by atoms with Crippen LogP contribution in [0.1, 0.15) is 24.0 Å². The maximum absolute atomic E-state index is 9.77. The number of methoxy groups -OCH3 is 1. The molecule has 0 radical (unpaired) electrons. The number of nitrogens with zero attached hydrogens (tertiary/aromatic N) is 3. The van der Waals surface area contributed by atoms with Crippen molar-refractivity contribution in [1.29, 1.82) is 5.26 Å². The van der Waals surface area contributed by atoms with Gasteiger partial charge >= 0.3 is 0 Å². The van der Waals surface area contributed by atoms with Gasteiger partial charge in [0.25, 0.3) is 0 Å². The first-order valence-corrected chi connectivity index (χ1v) is 12.6. The molecule has 190 valence electrons. The molecule has 1 aliphatic heterocycles. The van der Waals surface area contributed by atoms with Crippen molar-refractivity contribution < 1.29 is 9.47 Å². The molecule has 2 heterocycles. The predicted molar refractivity (Wildman–Crippen MR) is 146 cm³/mol. The topological polar surface area (TPSA) is 94.5 Å². The molecular weight excluding hydrogens is 476 g/mol. The maximum atomic E-state index is 9.77. The van der Waals surface area contributed by atoms with Crippen LogP contribution in [-0.2, 0) is 0 Å². The number of anilines is 3. The van der Waals surface area contributed by atoms with Crippen molar-refractivity contribution in [3.8, 4) is 17.6 Å². The summed E-state index contributed by atoms with van der Waals surface area (Å²) in [6, 6.07) is 9.78. The van der Waals surface area contributed by atoms with Crippen LogP contribution < -0.4 is 25.4 Å². The molecule has 0 saturated carbocycles. The SMILES string of the molecule is CNc1cc(Nc2c(C#N)cnc3cc(OCCCCN4CCNCC4)c(OC)cc23)c(Cl)cc1C. The third kappa shape index (κ3) is 5.93. The number of nitrogens with one attached hydrogen (secondary N) is 3. The van der Waals surface area contributed by atoms with Crippen molar-refractivity contribution in [3.63, 3.8) is 0 Å². The van der Waals surface area contributed by atoms with Crippen molar-refractivity contribution in [1.82, 2.24) is 15.2 Å². The molecule has 1 aromatic heterocycles. The van der Waals surface area contributed by atoms with Gasteiger partial charge in [-0.05, 0) is 50.1 Å². The van der Waals surface area contributed by atoms with Gasteiger partial charge in [0, 0.05) is 56.6 Å². The third-order valence-electron chi connectivity index (χ3n) is 6.45. The molecule has 1 aliphatic rings. The summed E-state index contributed by atoms with van der Waals surface area (Å²) in [7, 11) is 3.48. The first kappa shape index (κ1) is 25.8. The second-order valence-corrected chi connectivity index (χ2v) is 9.26. The summed E-state index contributed by atoms with van der Waals surface area (Å²) in [5.74, 6) is 1.23. The lowest BCUT2D eigenvalue weighted by molar-refractivity contribution is 0.224. The number of pyridine rings is 1. The zero-order chi connectivity index (χ0) is 25.5. The van der Waals surface area contributed by atoms with Gasteiger partial charge in [0.2, 0.25) is 0 Å². The number of hydrogen-bond acceptors (Lipinski definition) is 8. The Morgan fingerprint density at radius 1 is 1.14 bits per heavy atom. The number of aryl methyl sites for hydroxylation is 1. The number of ether oxygens (including phenoxy) is 2. The zero-order valence-electron chi connectivity index (χ0n) is 21.1. The van der Waals surface area contributed by atoms with E-state index in [1.807, 2.05) is 38.2 Å². The Balaban J connectivity index is 1.55. The molecule has 4 rings (SSSR count). The second kappa shape index (κ2) is 12.1. The molecule has 3 aromatic rings. The fourth-order valence-corrected chi connectivity index (χ4v) is 4.68. The van der Waals surface area contributed by atoms with Crippen LogP contribution in [0.2, 0.25) is 5.02 Å². The van der Waals surface area contributed by atoms with Crippen LogP contribution in [-0.4, -0.2) is 63.4 Å². The Morgan fingerprint density at radius 3 is 2.67 bits per heavy atom. The molecule has 0 atom stereocenters. The minimum Gasteiger partial charge on any atom is -0.493 e. The lowest BCUT2D eigenvalue weighted by Gasteiger charge is -2.27. The maximum Gasteiger partial charge on any atom is 0.163 e. The summed E-state index contributed by atoms with van der Waals surface area (Å²) in [6.45, 7) is 8.02. The Bertz CT molecular complexity index is 1250. The molecule has 9 heteroatoms. The standard InChI is InChI=1S/C27H33ClN6O2/c1-18-12-21(28)24(14-22(18)30-2)33-27-19(16-29)17-32-23-15-26(25(35-3)13-20(23)27)36-11-5-4-8-34-9-6-31-7-10-34/h12-15,17,30-31H,4-11H2,1-3H3,(H,32,33). The predicted octanol–water partition coefficient (Wildman–Crippen LogP) is 4.93. The highest BCUT2D eigenvalue weighted by atomic mass is 35.5. The van der Waals surface area contributed by atoms with Gasteiger partial charge in [0.15, 0.2) is 11.5 Å². The van der Waals surface area contributed by atoms with E-state index in [1.165, 1.54) is 0 Å². The summed E-state index contributed by atoms with van der Waals surface area (Å²) < 4.78 is 11.7. The van der Waals surface area contributed by atoms with E-state index >= 15 is 0 Å². The molecule has 0 aliphatic carbocycles. The summed E-state index contributed by atoms with van der Waals surface area (Å²) in [5.41, 5.74) is 4.41. The normalized spacial score (nSPS) is 13.9. The fourth-order valence-electron chi connectivity index (χ4n) is 4.42. The lowest BCUT2D eigenvalue weighted by Crippen LogP contribution is -2.43. The number of benzene rings is 2. The van der Waals surface area contributed by atoms with Crippen molar-refractivity contribution in [2.24, 2.45) is 0 Å². The molecule has 0 spiro atoms. The van der Waals surface area contributed by atoms with E-state index in [0.29, 0.717) is 45.6 Å². The van der Waals surface area contributed by atoms with Crippen molar-refractivity contribution in [2.75, 3.05) is 64.1 Å². The first-order valence-electron chi connectivity index (χ1n) is 12.3. The van der Waals surface area contributed by atoms with Gasteiger partial charge in [-0.3, -0.25) is 4.98 Å². The van der Waals surface area contributed by atoms with Crippen LogP contribution >= 0.6 is 11.6 Å². The second-order valence-electron chi connectivity index (χ2n) is 8.85. The van der Waals surface area contributed by atoms with Crippen LogP contribution in [0, 0.1) is 18.3 Å². The molecule has 1 fully saturated rings. The highest BCUT2D eigenvalue weighted by Gasteiger charge is 2.16. The number of halogens is 1. The van der Waals surface area contributed by atoms with Gasteiger partial charge in [-0.1, -0.05) is 11.6 Å². The molecule has 0 unspecified atom stereocenters. The number of rotatable bonds is 10. The van der Waals surface area contributed by atoms with E-state index < -0.39 is 0 Å². The molecular formula is C27H33ClN6O2. The average molecular weight is 509 g/mol. The van der Waals surface area contributed by atoms with Crippen LogP contribution in [0.4, 0.5) is 17.1 Å². The molecule has 3 N–H and O–H groups in total. The number of unbranched alkanes of at least 4 members (excludes halogenated alkanes) is 1. The first-order chi connectivity index (χ1) is 17.5. The summed E-state index contributed by atoms with van der Waals surface area (Å²) in [5, 5.41) is 21.0. The number of piperazine rings is 1. The number of aromatic nitrogens is 1. The molecule has 1 saturated heterocycles. The van der Waals surface area contributed by atoms with Crippen LogP contribution in [0.5, 0.6) is 11.5 Å². The van der Waals surface area contributed by atoms with E-state index in [-0.39, 0.29) is 0 Å². The summed E-state index contributed by atoms with van der Waals surface area (Å²) >= 11 is 6.53. The Hall–Kier alpha value is -3.25. The van der Waals surface area contributed by atoms with Gasteiger partial charge in [-0.15, -0.1) is 0 Å². The monoisotopic (exact) mass is 508 g/mol. The van der Waals surface area contributed by atoms with Crippen LogP contribution in [0.15, 0.2) is 30.5 Å². The van der Waals surface area contributed by atoms with E-state index in [1.54, 1.807) is 13.3 Å². The molecule has 8 nitrogen and oxygen atoms in total. The Kier molecular flexibility index (Phi) is 8.70. The Morgan fingerprint density at radius 2 is 1.94 bits per heavy atom. The molecule has 2 aromatic carbocycles. The van der Waals surface area contributed by atoms with E-state index in [0.717, 1.165) is 62.2 Å². The number of fused-ring (bicyclic) bond motifs is 1.